The summed E-state index contributed by atoms with van der Waals surface area (Å²) in [5.74, 6) is 1.26. The Kier molecular flexibility index (Phi) is 4.15. The van der Waals surface area contributed by atoms with Gasteiger partial charge in [0.05, 0.1) is 6.33 Å². The lowest BCUT2D eigenvalue weighted by Gasteiger charge is -2.14. The topological polar surface area (TPSA) is 90.6 Å². The lowest BCUT2D eigenvalue weighted by atomic mass is 10.3. The summed E-state index contributed by atoms with van der Waals surface area (Å²) in [7, 11) is 1.92. The first-order chi connectivity index (χ1) is 10.8. The van der Waals surface area contributed by atoms with Crippen LogP contribution in [0.25, 0.3) is 11.2 Å². The summed E-state index contributed by atoms with van der Waals surface area (Å²) in [5.41, 5.74) is 2.38. The summed E-state index contributed by atoms with van der Waals surface area (Å²) >= 11 is 0. The molecular weight excluding hydrogens is 278 g/mol. The SMILES string of the molecule is CNCC(C)Nc1nc(Nc2ccccc2)c2[nH]cnc2n1. The average Bonchev–Trinajstić information content (AvgIpc) is 2.97. The minimum Gasteiger partial charge on any atom is -0.350 e. The van der Waals surface area contributed by atoms with Crippen molar-refractivity contribution in [3.8, 4) is 0 Å². The highest BCUT2D eigenvalue weighted by Gasteiger charge is 2.11. The molecule has 0 radical (unpaired) electrons. The fourth-order valence-corrected chi connectivity index (χ4v) is 2.22. The molecule has 3 aromatic rings. The van der Waals surface area contributed by atoms with Gasteiger partial charge < -0.3 is 20.9 Å². The normalized spacial score (nSPS) is 12.3. The number of para-hydroxylation sites is 1. The van der Waals surface area contributed by atoms with Crippen LogP contribution in [0.2, 0.25) is 0 Å². The first kappa shape index (κ1) is 14.3. The van der Waals surface area contributed by atoms with Gasteiger partial charge in [-0.3, -0.25) is 0 Å². The monoisotopic (exact) mass is 297 g/mol. The van der Waals surface area contributed by atoms with Crippen molar-refractivity contribution in [1.82, 2.24) is 25.3 Å². The Bertz CT molecular complexity index is 738. The number of anilines is 3. The fourth-order valence-electron chi connectivity index (χ4n) is 2.22. The second-order valence-corrected chi connectivity index (χ2v) is 5.09. The zero-order chi connectivity index (χ0) is 15.4. The van der Waals surface area contributed by atoms with Crippen LogP contribution >= 0.6 is 0 Å². The van der Waals surface area contributed by atoms with Crippen molar-refractivity contribution in [2.75, 3.05) is 24.2 Å². The molecule has 1 atom stereocenters. The molecular formula is C15H19N7. The second-order valence-electron chi connectivity index (χ2n) is 5.09. The largest absolute Gasteiger partial charge is 0.350 e. The number of nitrogens with one attached hydrogen (secondary N) is 4. The Morgan fingerprint density at radius 2 is 2.00 bits per heavy atom. The number of nitrogens with zero attached hydrogens (tertiary/aromatic N) is 3. The summed E-state index contributed by atoms with van der Waals surface area (Å²) in [6.07, 6.45) is 1.62. The van der Waals surface area contributed by atoms with E-state index in [-0.39, 0.29) is 6.04 Å². The maximum atomic E-state index is 4.56. The standard InChI is InChI=1S/C15H19N7/c1-10(8-16-2)19-15-21-13-12(17-9-18-13)14(22-15)20-11-6-4-3-5-7-11/h3-7,9-10,16H,8H2,1-2H3,(H3,17,18,19,20,21,22). The molecule has 2 aromatic heterocycles. The Morgan fingerprint density at radius 1 is 1.18 bits per heavy atom. The first-order valence-electron chi connectivity index (χ1n) is 7.20. The Labute approximate surface area is 128 Å². The molecule has 22 heavy (non-hydrogen) atoms. The summed E-state index contributed by atoms with van der Waals surface area (Å²) in [5, 5.41) is 9.69. The van der Waals surface area contributed by atoms with Crippen LogP contribution in [0.1, 0.15) is 6.92 Å². The quantitative estimate of drug-likeness (QED) is 0.557. The smallest absolute Gasteiger partial charge is 0.227 e. The molecule has 7 nitrogen and oxygen atoms in total. The molecule has 1 unspecified atom stereocenters. The van der Waals surface area contributed by atoms with Crippen LogP contribution in [0.4, 0.5) is 17.5 Å². The van der Waals surface area contributed by atoms with E-state index in [1.54, 1.807) is 6.33 Å². The van der Waals surface area contributed by atoms with Crippen molar-refractivity contribution in [3.63, 3.8) is 0 Å². The molecule has 3 rings (SSSR count). The molecule has 0 aliphatic rings. The highest BCUT2D eigenvalue weighted by molar-refractivity contribution is 5.86. The number of aromatic nitrogens is 4. The number of H-pyrrole nitrogens is 1. The van der Waals surface area contributed by atoms with Crippen LogP contribution in [0.3, 0.4) is 0 Å². The molecule has 1 aromatic carbocycles. The van der Waals surface area contributed by atoms with E-state index in [2.05, 4.69) is 42.8 Å². The maximum Gasteiger partial charge on any atom is 0.227 e. The number of imidazole rings is 1. The minimum absolute atomic E-state index is 0.214. The Hall–Kier alpha value is -2.67. The predicted molar refractivity (Wildman–Crippen MR) is 88.4 cm³/mol. The third-order valence-electron chi connectivity index (χ3n) is 3.21. The van der Waals surface area contributed by atoms with Crippen LogP contribution in [-0.4, -0.2) is 39.6 Å². The zero-order valence-corrected chi connectivity index (χ0v) is 12.6. The van der Waals surface area contributed by atoms with E-state index >= 15 is 0 Å². The van der Waals surface area contributed by atoms with E-state index in [1.807, 2.05) is 37.4 Å². The number of hydrogen-bond acceptors (Lipinski definition) is 6. The van der Waals surface area contributed by atoms with Crippen molar-refractivity contribution < 1.29 is 0 Å². The number of hydrogen-bond donors (Lipinski definition) is 4. The van der Waals surface area contributed by atoms with Gasteiger partial charge in [-0.05, 0) is 26.1 Å². The molecule has 2 heterocycles. The summed E-state index contributed by atoms with van der Waals surface area (Å²) in [6, 6.07) is 10.1. The van der Waals surface area contributed by atoms with Gasteiger partial charge in [-0.2, -0.15) is 9.97 Å². The van der Waals surface area contributed by atoms with E-state index in [4.69, 9.17) is 0 Å². The average molecular weight is 297 g/mol. The van der Waals surface area contributed by atoms with Crippen LogP contribution in [-0.2, 0) is 0 Å². The minimum atomic E-state index is 0.214. The van der Waals surface area contributed by atoms with Gasteiger partial charge in [-0.25, -0.2) is 4.98 Å². The van der Waals surface area contributed by atoms with Gasteiger partial charge in [0.25, 0.3) is 0 Å². The van der Waals surface area contributed by atoms with E-state index in [1.165, 1.54) is 0 Å². The summed E-state index contributed by atoms with van der Waals surface area (Å²) in [4.78, 5) is 16.3. The number of benzene rings is 1. The lowest BCUT2D eigenvalue weighted by Crippen LogP contribution is -2.28. The van der Waals surface area contributed by atoms with Gasteiger partial charge in [-0.15, -0.1) is 0 Å². The molecule has 4 N–H and O–H groups in total. The third kappa shape index (κ3) is 3.15. The number of fused-ring (bicyclic) bond motifs is 1. The molecule has 0 spiro atoms. The molecule has 0 aliphatic carbocycles. The summed E-state index contributed by atoms with van der Waals surface area (Å²) in [6.45, 7) is 2.89. The molecule has 0 fully saturated rings. The van der Waals surface area contributed by atoms with Gasteiger partial charge in [-0.1, -0.05) is 18.2 Å². The van der Waals surface area contributed by atoms with Crippen molar-refractivity contribution in [2.45, 2.75) is 13.0 Å². The molecule has 0 amide bonds. The predicted octanol–water partition coefficient (Wildman–Crippen LogP) is 2.12. The van der Waals surface area contributed by atoms with Crippen molar-refractivity contribution in [3.05, 3.63) is 36.7 Å². The Morgan fingerprint density at radius 3 is 2.77 bits per heavy atom. The number of rotatable bonds is 6. The van der Waals surface area contributed by atoms with E-state index in [0.29, 0.717) is 17.4 Å². The molecule has 0 saturated heterocycles. The van der Waals surface area contributed by atoms with Crippen LogP contribution in [0.15, 0.2) is 36.7 Å². The highest BCUT2D eigenvalue weighted by Crippen LogP contribution is 2.22. The van der Waals surface area contributed by atoms with Crippen LogP contribution in [0, 0.1) is 0 Å². The second kappa shape index (κ2) is 6.40. The third-order valence-corrected chi connectivity index (χ3v) is 3.21. The maximum absolute atomic E-state index is 4.56. The van der Waals surface area contributed by atoms with Crippen molar-refractivity contribution in [1.29, 1.82) is 0 Å². The van der Waals surface area contributed by atoms with E-state index in [9.17, 15) is 0 Å². The lowest BCUT2D eigenvalue weighted by molar-refractivity contribution is 0.695. The van der Waals surface area contributed by atoms with Crippen LogP contribution < -0.4 is 16.0 Å². The fraction of sp³-hybridized carbons (Fsp3) is 0.267. The summed E-state index contributed by atoms with van der Waals surface area (Å²) < 4.78 is 0. The molecule has 7 heteroatoms. The van der Waals surface area contributed by atoms with Gasteiger partial charge in [0.1, 0.15) is 5.52 Å². The van der Waals surface area contributed by atoms with E-state index < -0.39 is 0 Å². The van der Waals surface area contributed by atoms with Gasteiger partial charge in [0, 0.05) is 18.3 Å². The molecule has 0 aliphatic heterocycles. The molecule has 0 saturated carbocycles. The van der Waals surface area contributed by atoms with Gasteiger partial charge in [0.15, 0.2) is 11.5 Å². The molecule has 0 bridgehead atoms. The van der Waals surface area contributed by atoms with Gasteiger partial charge >= 0.3 is 0 Å². The van der Waals surface area contributed by atoms with Crippen LogP contribution in [0.5, 0.6) is 0 Å². The van der Waals surface area contributed by atoms with Gasteiger partial charge in [0.2, 0.25) is 5.95 Å². The number of aromatic amines is 1. The van der Waals surface area contributed by atoms with E-state index in [0.717, 1.165) is 17.7 Å². The Balaban J connectivity index is 1.92. The van der Waals surface area contributed by atoms with Crippen molar-refractivity contribution in [2.24, 2.45) is 0 Å². The zero-order valence-electron chi connectivity index (χ0n) is 12.6. The number of likely N-dealkylation sites (N-methyl/N-ethyl adjacent to an activating group) is 1. The van der Waals surface area contributed by atoms with Crippen molar-refractivity contribution >= 4 is 28.6 Å². The highest BCUT2D eigenvalue weighted by atomic mass is 15.2. The molecule has 114 valence electrons. The first-order valence-corrected chi connectivity index (χ1v) is 7.20.